The average molecular weight is 408 g/mol. The number of hydrogen-bond acceptors (Lipinski definition) is 4. The molecule has 0 aromatic heterocycles. The molecule has 1 aliphatic heterocycles. The molecule has 0 fully saturated rings. The van der Waals surface area contributed by atoms with Gasteiger partial charge in [-0.15, -0.1) is 0 Å². The van der Waals surface area contributed by atoms with Gasteiger partial charge >= 0.3 is 5.97 Å². The maximum Gasteiger partial charge on any atom is 0.340 e. The number of amides is 1. The molecule has 0 N–H and O–H groups in total. The fourth-order valence-electron chi connectivity index (χ4n) is 3.87. The van der Waals surface area contributed by atoms with Crippen LogP contribution < -0.4 is 4.74 Å². The molecule has 0 unspecified atom stereocenters. The summed E-state index contributed by atoms with van der Waals surface area (Å²) in [6.07, 6.45) is 11.2. The summed E-state index contributed by atoms with van der Waals surface area (Å²) >= 11 is 0. The number of rotatable bonds is 8. The van der Waals surface area contributed by atoms with Crippen LogP contribution in [-0.4, -0.2) is 37.0 Å². The van der Waals surface area contributed by atoms with Gasteiger partial charge in [-0.05, 0) is 62.8 Å². The van der Waals surface area contributed by atoms with Gasteiger partial charge in [0.25, 0.3) is 5.91 Å². The summed E-state index contributed by atoms with van der Waals surface area (Å²) in [6, 6.07) is 7.38. The lowest BCUT2D eigenvalue weighted by molar-refractivity contribution is -0.136. The number of benzene rings is 1. The second kappa shape index (κ2) is 10.1. The quantitative estimate of drug-likeness (QED) is 0.352. The average Bonchev–Trinajstić information content (AvgIpc) is 3.01. The minimum Gasteiger partial charge on any atom is -0.490 e. The van der Waals surface area contributed by atoms with Crippen LogP contribution in [0.4, 0.5) is 0 Å². The molecule has 0 atom stereocenters. The molecule has 5 heteroatoms. The minimum atomic E-state index is -0.489. The lowest BCUT2D eigenvalue weighted by Crippen LogP contribution is -2.26. The number of carbonyl (C=O) groups excluding carboxylic acids is 2. The third-order valence-corrected chi connectivity index (χ3v) is 5.50. The van der Waals surface area contributed by atoms with E-state index in [0.717, 1.165) is 30.6 Å². The van der Waals surface area contributed by atoms with Crippen molar-refractivity contribution >= 4 is 18.0 Å². The van der Waals surface area contributed by atoms with Gasteiger partial charge in [0.05, 0.1) is 18.3 Å². The van der Waals surface area contributed by atoms with Crippen molar-refractivity contribution in [2.24, 2.45) is 0 Å². The zero-order chi connectivity index (χ0) is 21.5. The molecule has 2 aliphatic rings. The molecule has 0 radical (unpaired) electrons. The van der Waals surface area contributed by atoms with Gasteiger partial charge in [-0.3, -0.25) is 4.79 Å². The van der Waals surface area contributed by atoms with Gasteiger partial charge in [-0.2, -0.15) is 0 Å². The number of esters is 1. The SMILES string of the molecule is C=CCOc1ccc(/C=C2\C(=O)N(CCC3=CCCCC3)C(C)=C2C(=O)OC)cc1. The molecule has 5 nitrogen and oxygen atoms in total. The van der Waals surface area contributed by atoms with E-state index < -0.39 is 5.97 Å². The first-order valence-electron chi connectivity index (χ1n) is 10.4. The summed E-state index contributed by atoms with van der Waals surface area (Å²) in [6.45, 7) is 6.45. The van der Waals surface area contributed by atoms with Gasteiger partial charge in [-0.1, -0.05) is 36.4 Å². The van der Waals surface area contributed by atoms with Crippen molar-refractivity contribution in [2.45, 2.75) is 39.0 Å². The maximum atomic E-state index is 13.2. The number of methoxy groups -OCH3 is 1. The Morgan fingerprint density at radius 2 is 2.00 bits per heavy atom. The van der Waals surface area contributed by atoms with Crippen LogP contribution >= 0.6 is 0 Å². The first kappa shape index (κ1) is 21.6. The van der Waals surface area contributed by atoms with Crippen LogP contribution in [-0.2, 0) is 14.3 Å². The molecule has 158 valence electrons. The van der Waals surface area contributed by atoms with Gasteiger partial charge in [0.2, 0.25) is 0 Å². The van der Waals surface area contributed by atoms with Gasteiger partial charge in [0.1, 0.15) is 12.4 Å². The Balaban J connectivity index is 1.84. The zero-order valence-corrected chi connectivity index (χ0v) is 17.8. The van der Waals surface area contributed by atoms with Crippen molar-refractivity contribution in [1.82, 2.24) is 4.90 Å². The third-order valence-electron chi connectivity index (χ3n) is 5.50. The van der Waals surface area contributed by atoms with E-state index in [9.17, 15) is 9.59 Å². The highest BCUT2D eigenvalue weighted by Crippen LogP contribution is 2.33. The predicted octanol–water partition coefficient (Wildman–Crippen LogP) is 4.81. The lowest BCUT2D eigenvalue weighted by Gasteiger charge is -2.20. The van der Waals surface area contributed by atoms with E-state index in [1.807, 2.05) is 31.2 Å². The van der Waals surface area contributed by atoms with E-state index in [0.29, 0.717) is 30.0 Å². The molecule has 0 saturated heterocycles. The Kier molecular flexibility index (Phi) is 7.28. The molecule has 1 heterocycles. The van der Waals surface area contributed by atoms with Crippen LogP contribution in [0.3, 0.4) is 0 Å². The predicted molar refractivity (Wildman–Crippen MR) is 118 cm³/mol. The second-order valence-electron chi connectivity index (χ2n) is 7.49. The normalized spacial score (nSPS) is 17.9. The van der Waals surface area contributed by atoms with Crippen LogP contribution in [0.15, 0.2) is 65.4 Å². The van der Waals surface area contributed by atoms with E-state index in [4.69, 9.17) is 9.47 Å². The van der Waals surface area contributed by atoms with Crippen molar-refractivity contribution in [3.05, 3.63) is 71.0 Å². The molecular weight excluding hydrogens is 378 g/mol. The van der Waals surface area contributed by atoms with E-state index in [-0.39, 0.29) is 5.91 Å². The van der Waals surface area contributed by atoms with E-state index in [1.54, 1.807) is 17.1 Å². The summed E-state index contributed by atoms with van der Waals surface area (Å²) in [5, 5.41) is 0. The van der Waals surface area contributed by atoms with E-state index in [1.165, 1.54) is 25.5 Å². The highest BCUT2D eigenvalue weighted by atomic mass is 16.5. The van der Waals surface area contributed by atoms with Crippen molar-refractivity contribution in [2.75, 3.05) is 20.3 Å². The van der Waals surface area contributed by atoms with Crippen LogP contribution in [0.1, 0.15) is 44.6 Å². The van der Waals surface area contributed by atoms with Gasteiger partial charge in [0, 0.05) is 12.2 Å². The largest absolute Gasteiger partial charge is 0.490 e. The van der Waals surface area contributed by atoms with Crippen molar-refractivity contribution < 1.29 is 19.1 Å². The van der Waals surface area contributed by atoms with Crippen molar-refractivity contribution in [3.63, 3.8) is 0 Å². The molecular formula is C25H29NO4. The standard InChI is InChI=1S/C25H29NO4/c1-4-16-30-21-12-10-20(11-13-21)17-22-23(25(28)29-3)18(2)26(24(22)27)15-14-19-8-6-5-7-9-19/h4,8,10-13,17H,1,5-7,9,14-16H2,2-3H3/b22-17-. The summed E-state index contributed by atoms with van der Waals surface area (Å²) < 4.78 is 10.5. The number of nitrogens with zero attached hydrogens (tertiary/aromatic N) is 1. The first-order valence-corrected chi connectivity index (χ1v) is 10.4. The molecule has 1 aliphatic carbocycles. The Morgan fingerprint density at radius 3 is 2.63 bits per heavy atom. The van der Waals surface area contributed by atoms with Crippen LogP contribution in [0.25, 0.3) is 6.08 Å². The Labute approximate surface area is 178 Å². The van der Waals surface area contributed by atoms with Gasteiger partial charge < -0.3 is 14.4 Å². The molecule has 0 bridgehead atoms. The molecule has 1 amide bonds. The summed E-state index contributed by atoms with van der Waals surface area (Å²) in [7, 11) is 1.34. The second-order valence-corrected chi connectivity index (χ2v) is 7.49. The van der Waals surface area contributed by atoms with Crippen LogP contribution in [0, 0.1) is 0 Å². The molecule has 0 spiro atoms. The highest BCUT2D eigenvalue weighted by Gasteiger charge is 2.36. The lowest BCUT2D eigenvalue weighted by atomic mass is 9.97. The number of carbonyl (C=O) groups is 2. The molecule has 1 aromatic rings. The summed E-state index contributed by atoms with van der Waals surface area (Å²) in [4.78, 5) is 27.3. The fourth-order valence-corrected chi connectivity index (χ4v) is 3.87. The van der Waals surface area contributed by atoms with E-state index >= 15 is 0 Å². The topological polar surface area (TPSA) is 55.8 Å². The Bertz CT molecular complexity index is 906. The van der Waals surface area contributed by atoms with Crippen LogP contribution in [0.2, 0.25) is 0 Å². The zero-order valence-electron chi connectivity index (χ0n) is 17.8. The number of allylic oxidation sites excluding steroid dienone is 2. The third kappa shape index (κ3) is 4.90. The molecule has 30 heavy (non-hydrogen) atoms. The van der Waals surface area contributed by atoms with Crippen LogP contribution in [0.5, 0.6) is 5.75 Å². The smallest absolute Gasteiger partial charge is 0.340 e. The van der Waals surface area contributed by atoms with Gasteiger partial charge in [0.15, 0.2) is 0 Å². The Morgan fingerprint density at radius 1 is 1.23 bits per heavy atom. The van der Waals surface area contributed by atoms with Gasteiger partial charge in [-0.25, -0.2) is 4.79 Å². The summed E-state index contributed by atoms with van der Waals surface area (Å²) in [5.41, 5.74) is 3.58. The molecule has 0 saturated carbocycles. The van der Waals surface area contributed by atoms with Crippen molar-refractivity contribution in [3.8, 4) is 5.75 Å². The summed E-state index contributed by atoms with van der Waals surface area (Å²) in [5.74, 6) is 0.0748. The molecule has 3 rings (SSSR count). The highest BCUT2D eigenvalue weighted by molar-refractivity contribution is 6.16. The Hall–Kier alpha value is -3.08. The monoisotopic (exact) mass is 407 g/mol. The maximum absolute atomic E-state index is 13.2. The number of hydrogen-bond donors (Lipinski definition) is 0. The first-order chi connectivity index (χ1) is 14.5. The van der Waals surface area contributed by atoms with Crippen molar-refractivity contribution in [1.29, 1.82) is 0 Å². The molecule has 1 aromatic carbocycles. The minimum absolute atomic E-state index is 0.156. The number of ether oxygens (including phenoxy) is 2. The fraction of sp³-hybridized carbons (Fsp3) is 0.360. The van der Waals surface area contributed by atoms with E-state index in [2.05, 4.69) is 12.7 Å².